The minimum absolute atomic E-state index is 0.945. The lowest BCUT2D eigenvalue weighted by molar-refractivity contribution is 1.18. The molecule has 0 radical (unpaired) electrons. The Morgan fingerprint density at radius 2 is 0.691 bits per heavy atom. The molecule has 1 aliphatic heterocycles. The van der Waals surface area contributed by atoms with E-state index in [4.69, 9.17) is 4.98 Å². The number of rotatable bonds is 8. The summed E-state index contributed by atoms with van der Waals surface area (Å²) < 4.78 is 2.36. The summed E-state index contributed by atoms with van der Waals surface area (Å²) in [6.07, 6.45) is 0. The first-order valence-corrected chi connectivity index (χ1v) is 25.4. The number of fused-ring (bicyclic) bond motifs is 6. The van der Waals surface area contributed by atoms with Gasteiger partial charge in [-0.15, -0.1) is 0 Å². The van der Waals surface area contributed by atoms with E-state index in [2.05, 4.69) is 271 Å². The van der Waals surface area contributed by atoms with Crippen molar-refractivity contribution in [3.8, 4) is 72.7 Å². The molecule has 0 saturated carbocycles. The Morgan fingerprint density at radius 1 is 0.279 bits per heavy atom. The van der Waals surface area contributed by atoms with Gasteiger partial charge in [0.15, 0.2) is 8.07 Å². The van der Waals surface area contributed by atoms with Gasteiger partial charge in [-0.2, -0.15) is 0 Å². The lowest BCUT2D eigenvalue weighted by atomic mass is 9.95. The van der Waals surface area contributed by atoms with Crippen LogP contribution in [0.5, 0.6) is 0 Å². The van der Waals surface area contributed by atoms with Crippen LogP contribution < -0.4 is 20.7 Å². The van der Waals surface area contributed by atoms with Gasteiger partial charge in [0.2, 0.25) is 0 Å². The van der Waals surface area contributed by atoms with Crippen molar-refractivity contribution in [2.75, 3.05) is 0 Å². The van der Waals surface area contributed by atoms with Crippen molar-refractivity contribution >= 4 is 50.6 Å². The Hall–Kier alpha value is -8.63. The van der Waals surface area contributed by atoms with Gasteiger partial charge in [-0.1, -0.05) is 224 Å². The van der Waals surface area contributed by atoms with Gasteiger partial charge < -0.3 is 4.57 Å². The summed E-state index contributed by atoms with van der Waals surface area (Å²) in [5, 5.41) is 8.28. The number of aromatic nitrogens is 2. The Bertz CT molecular complexity index is 3710. The van der Waals surface area contributed by atoms with Crippen molar-refractivity contribution in [2.24, 2.45) is 0 Å². The molecule has 2 nitrogen and oxygen atoms in total. The molecule has 3 heteroatoms. The van der Waals surface area contributed by atoms with Gasteiger partial charge in [-0.05, 0) is 108 Å². The van der Waals surface area contributed by atoms with E-state index in [1.54, 1.807) is 0 Å². The summed E-state index contributed by atoms with van der Waals surface area (Å²) in [6.45, 7) is 0. The van der Waals surface area contributed by atoms with E-state index in [1.165, 1.54) is 75.9 Å². The molecular formula is C65H44N2Si. The molecule has 68 heavy (non-hydrogen) atoms. The molecule has 0 unspecified atom stereocenters. The van der Waals surface area contributed by atoms with Crippen molar-refractivity contribution in [2.45, 2.75) is 0 Å². The minimum Gasteiger partial charge on any atom is -0.309 e. The first-order chi connectivity index (χ1) is 33.7. The Morgan fingerprint density at radius 3 is 1.28 bits per heavy atom. The van der Waals surface area contributed by atoms with Crippen molar-refractivity contribution in [3.05, 3.63) is 267 Å². The van der Waals surface area contributed by atoms with E-state index in [1.807, 2.05) is 0 Å². The average molecular weight is 881 g/mol. The summed E-state index contributed by atoms with van der Waals surface area (Å²) in [6, 6.07) is 97.9. The van der Waals surface area contributed by atoms with Gasteiger partial charge in [-0.3, -0.25) is 0 Å². The van der Waals surface area contributed by atoms with Gasteiger partial charge in [0, 0.05) is 27.6 Å². The highest BCUT2D eigenvalue weighted by Gasteiger charge is 2.48. The molecule has 0 spiro atoms. The average Bonchev–Trinajstić information content (AvgIpc) is 3.92. The topological polar surface area (TPSA) is 17.8 Å². The molecule has 0 amide bonds. The van der Waals surface area contributed by atoms with Crippen LogP contribution in [0.15, 0.2) is 267 Å². The first kappa shape index (κ1) is 39.7. The third kappa shape index (κ3) is 6.51. The van der Waals surface area contributed by atoms with E-state index >= 15 is 0 Å². The fraction of sp³-hybridized carbons (Fsp3) is 0. The maximum atomic E-state index is 5.26. The van der Waals surface area contributed by atoms with Crippen LogP contribution in [0, 0.1) is 0 Å². The molecule has 0 saturated heterocycles. The second-order valence-electron chi connectivity index (χ2n) is 17.9. The third-order valence-corrected chi connectivity index (χ3v) is 19.0. The van der Waals surface area contributed by atoms with Crippen LogP contribution in [-0.4, -0.2) is 17.6 Å². The summed E-state index contributed by atoms with van der Waals surface area (Å²) in [7, 11) is -2.52. The van der Waals surface area contributed by atoms with Crippen LogP contribution in [0.4, 0.5) is 0 Å². The summed E-state index contributed by atoms with van der Waals surface area (Å²) in [5.41, 5.74) is 17.4. The van der Waals surface area contributed by atoms with Crippen LogP contribution in [0.25, 0.3) is 94.5 Å². The molecule has 0 fully saturated rings. The lowest BCUT2D eigenvalue weighted by Crippen LogP contribution is -2.72. The molecular weight excluding hydrogens is 837 g/mol. The van der Waals surface area contributed by atoms with Crippen molar-refractivity contribution < 1.29 is 0 Å². The molecule has 0 atom stereocenters. The minimum atomic E-state index is -2.52. The molecule has 0 aliphatic carbocycles. The van der Waals surface area contributed by atoms with E-state index in [0.29, 0.717) is 0 Å². The summed E-state index contributed by atoms with van der Waals surface area (Å²) >= 11 is 0. The molecule has 12 aromatic rings. The fourth-order valence-electron chi connectivity index (χ4n) is 10.9. The third-order valence-electron chi connectivity index (χ3n) is 14.1. The maximum Gasteiger partial charge on any atom is 0.180 e. The molecule has 2 aromatic heterocycles. The Kier molecular flexibility index (Phi) is 9.55. The number of hydrogen-bond donors (Lipinski definition) is 0. The van der Waals surface area contributed by atoms with Crippen LogP contribution in [0.1, 0.15) is 0 Å². The standard InChI is InChI=1S/C65H44N2Si/c1-4-16-49(17-5-1)60-43-52(44-61(66-60)50-34-32-45(33-35-50)46-36-39-53(40-37-46)67-62-25-13-10-22-56(62)57-23-11-14-26-63(57)67)48-30-28-47(29-31-48)51-38-41-65-59(42-51)58-24-12-15-27-64(58)68(65,54-18-6-2-7-19-54)55-20-8-3-9-21-55/h1-44H. The number of nitrogens with zero attached hydrogens (tertiary/aromatic N) is 2. The smallest absolute Gasteiger partial charge is 0.180 e. The molecule has 318 valence electrons. The van der Waals surface area contributed by atoms with Gasteiger partial charge in [0.1, 0.15) is 0 Å². The van der Waals surface area contributed by atoms with Gasteiger partial charge in [0.25, 0.3) is 0 Å². The Labute approximate surface area is 397 Å². The van der Waals surface area contributed by atoms with Crippen LogP contribution in [0.2, 0.25) is 0 Å². The van der Waals surface area contributed by atoms with Crippen LogP contribution >= 0.6 is 0 Å². The molecule has 0 bridgehead atoms. The zero-order valence-electron chi connectivity index (χ0n) is 37.3. The number of hydrogen-bond acceptors (Lipinski definition) is 1. The monoisotopic (exact) mass is 880 g/mol. The van der Waals surface area contributed by atoms with E-state index in [-0.39, 0.29) is 0 Å². The zero-order valence-corrected chi connectivity index (χ0v) is 38.3. The Balaban J connectivity index is 0.832. The predicted molar refractivity (Wildman–Crippen MR) is 288 cm³/mol. The SMILES string of the molecule is c1ccc(-c2cc(-c3ccc(-c4ccc5c(c4)-c4ccccc4[Si]5(c4ccccc4)c4ccccc4)cc3)cc(-c3ccc(-c4ccc(-n5c6ccccc6c6ccccc65)cc4)cc3)n2)cc1. The van der Waals surface area contributed by atoms with E-state index in [9.17, 15) is 0 Å². The molecule has 3 heterocycles. The van der Waals surface area contributed by atoms with E-state index in [0.717, 1.165) is 39.3 Å². The first-order valence-electron chi connectivity index (χ1n) is 23.4. The highest BCUT2D eigenvalue weighted by atomic mass is 28.3. The number of pyridine rings is 1. The quantitative estimate of drug-likeness (QED) is 0.139. The van der Waals surface area contributed by atoms with Crippen LogP contribution in [0.3, 0.4) is 0 Å². The van der Waals surface area contributed by atoms with Gasteiger partial charge >= 0.3 is 0 Å². The van der Waals surface area contributed by atoms with Gasteiger partial charge in [-0.25, -0.2) is 4.98 Å². The number of benzene rings is 10. The molecule has 0 N–H and O–H groups in total. The summed E-state index contributed by atoms with van der Waals surface area (Å²) in [5.74, 6) is 0. The second-order valence-corrected chi connectivity index (χ2v) is 21.6. The second kappa shape index (κ2) is 16.4. The highest BCUT2D eigenvalue weighted by molar-refractivity contribution is 7.22. The summed E-state index contributed by atoms with van der Waals surface area (Å²) in [4.78, 5) is 5.26. The van der Waals surface area contributed by atoms with Gasteiger partial charge in [0.05, 0.1) is 22.4 Å². The fourth-order valence-corrected chi connectivity index (χ4v) is 16.1. The van der Waals surface area contributed by atoms with Crippen molar-refractivity contribution in [3.63, 3.8) is 0 Å². The normalized spacial score (nSPS) is 12.5. The predicted octanol–water partition coefficient (Wildman–Crippen LogP) is 13.9. The number of para-hydroxylation sites is 2. The highest BCUT2D eigenvalue weighted by Crippen LogP contribution is 2.37. The van der Waals surface area contributed by atoms with Crippen LogP contribution in [-0.2, 0) is 0 Å². The maximum absolute atomic E-state index is 5.26. The van der Waals surface area contributed by atoms with E-state index < -0.39 is 8.07 Å². The molecule has 1 aliphatic rings. The van der Waals surface area contributed by atoms with Crippen molar-refractivity contribution in [1.29, 1.82) is 0 Å². The molecule has 13 rings (SSSR count). The van der Waals surface area contributed by atoms with Crippen molar-refractivity contribution in [1.82, 2.24) is 9.55 Å². The largest absolute Gasteiger partial charge is 0.309 e. The lowest BCUT2D eigenvalue weighted by Gasteiger charge is -2.31. The molecule has 10 aromatic carbocycles. The zero-order chi connectivity index (χ0) is 45.0.